The molecule has 0 bridgehead atoms. The maximum absolute atomic E-state index is 13.0. The second kappa shape index (κ2) is 13.5. The fourth-order valence-electron chi connectivity index (χ4n) is 3.34. The van der Waals surface area contributed by atoms with Gasteiger partial charge < -0.3 is 25.5 Å². The molecular formula is C23H27ClF3N5O6S. The van der Waals surface area contributed by atoms with Gasteiger partial charge in [0, 0.05) is 50.9 Å². The monoisotopic (exact) mass is 593 g/mol. The minimum atomic E-state index is -5.08. The lowest BCUT2D eigenvalue weighted by atomic mass is 10.1. The largest absolute Gasteiger partial charge is 0.490 e. The van der Waals surface area contributed by atoms with Crippen LogP contribution in [-0.4, -0.2) is 89.2 Å². The van der Waals surface area contributed by atoms with Crippen LogP contribution in [0.4, 0.5) is 24.5 Å². The summed E-state index contributed by atoms with van der Waals surface area (Å²) in [5, 5.41) is 13.3. The topological polar surface area (TPSA) is 148 Å². The second-order valence-electron chi connectivity index (χ2n) is 8.17. The SMILES string of the molecule is CNC(=O)CN(C)C(=O)c1ccc(N2CCNCC2)c(NS(=O)(=O)c2ccc(Cl)cc2)c1.O=C(O)C(F)(F)F. The number of anilines is 2. The second-order valence-corrected chi connectivity index (χ2v) is 10.3. The van der Waals surface area contributed by atoms with E-state index < -0.39 is 28.1 Å². The van der Waals surface area contributed by atoms with Crippen molar-refractivity contribution in [1.29, 1.82) is 0 Å². The molecule has 0 aliphatic carbocycles. The van der Waals surface area contributed by atoms with Gasteiger partial charge in [-0.3, -0.25) is 14.3 Å². The van der Waals surface area contributed by atoms with Crippen LogP contribution >= 0.6 is 11.6 Å². The van der Waals surface area contributed by atoms with Crippen molar-refractivity contribution in [3.63, 3.8) is 0 Å². The zero-order chi connectivity index (χ0) is 29.4. The average Bonchev–Trinajstić information content (AvgIpc) is 2.88. The summed E-state index contributed by atoms with van der Waals surface area (Å²) < 4.78 is 60.4. The number of sulfonamides is 1. The van der Waals surface area contributed by atoms with E-state index in [2.05, 4.69) is 20.3 Å². The minimum absolute atomic E-state index is 0.0571. The van der Waals surface area contributed by atoms with E-state index in [1.54, 1.807) is 12.1 Å². The van der Waals surface area contributed by atoms with E-state index >= 15 is 0 Å². The normalized spacial score (nSPS) is 13.5. The Balaban J connectivity index is 0.000000673. The van der Waals surface area contributed by atoms with E-state index in [-0.39, 0.29) is 22.9 Å². The van der Waals surface area contributed by atoms with Gasteiger partial charge in [-0.05, 0) is 42.5 Å². The predicted molar refractivity (Wildman–Crippen MR) is 139 cm³/mol. The first kappa shape index (κ1) is 31.7. The number of nitrogens with zero attached hydrogens (tertiary/aromatic N) is 2. The van der Waals surface area contributed by atoms with Crippen LogP contribution in [0.5, 0.6) is 0 Å². The van der Waals surface area contributed by atoms with Crippen LogP contribution in [0.1, 0.15) is 10.4 Å². The third-order valence-electron chi connectivity index (χ3n) is 5.32. The zero-order valence-electron chi connectivity index (χ0n) is 20.9. The van der Waals surface area contributed by atoms with Gasteiger partial charge in [0.2, 0.25) is 5.91 Å². The lowest BCUT2D eigenvalue weighted by molar-refractivity contribution is -0.192. The van der Waals surface area contributed by atoms with Gasteiger partial charge >= 0.3 is 12.1 Å². The van der Waals surface area contributed by atoms with E-state index in [0.29, 0.717) is 29.5 Å². The summed E-state index contributed by atoms with van der Waals surface area (Å²) in [7, 11) is -0.911. The van der Waals surface area contributed by atoms with Crippen LogP contribution in [0, 0.1) is 0 Å². The molecule has 1 heterocycles. The summed E-state index contributed by atoms with van der Waals surface area (Å²) in [5.74, 6) is -3.46. The molecule has 0 saturated carbocycles. The molecule has 2 amide bonds. The summed E-state index contributed by atoms with van der Waals surface area (Å²) in [6.07, 6.45) is -5.08. The van der Waals surface area contributed by atoms with Crippen molar-refractivity contribution in [3.05, 3.63) is 53.1 Å². The molecule has 39 heavy (non-hydrogen) atoms. The van der Waals surface area contributed by atoms with Crippen molar-refractivity contribution in [2.24, 2.45) is 0 Å². The molecule has 11 nitrogen and oxygen atoms in total. The summed E-state index contributed by atoms with van der Waals surface area (Å²) in [5.41, 5.74) is 1.24. The number of hydrogen-bond acceptors (Lipinski definition) is 7. The van der Waals surface area contributed by atoms with Gasteiger partial charge in [0.1, 0.15) is 0 Å². The van der Waals surface area contributed by atoms with Gasteiger partial charge in [0.15, 0.2) is 0 Å². The van der Waals surface area contributed by atoms with Gasteiger partial charge in [-0.25, -0.2) is 13.2 Å². The zero-order valence-corrected chi connectivity index (χ0v) is 22.5. The number of carboxylic acid groups (broad SMARTS) is 1. The number of aliphatic carboxylic acids is 1. The number of benzene rings is 2. The Bertz CT molecular complexity index is 1290. The van der Waals surface area contributed by atoms with E-state index in [0.717, 1.165) is 13.1 Å². The Morgan fingerprint density at radius 1 is 1.10 bits per heavy atom. The summed E-state index contributed by atoms with van der Waals surface area (Å²) in [6, 6.07) is 10.7. The third-order valence-corrected chi connectivity index (χ3v) is 6.95. The molecule has 0 spiro atoms. The standard InChI is InChI=1S/C21H26ClN5O4S.C2HF3O2/c1-23-20(28)14-26(2)21(29)15-3-8-19(27-11-9-24-10-12-27)18(13-15)25-32(30,31)17-6-4-16(22)5-7-17;3-2(4,5)1(6)7/h3-8,13,24-25H,9-12,14H2,1-2H3,(H,23,28);(H,6,7). The van der Waals surface area contributed by atoms with Crippen LogP contribution in [0.25, 0.3) is 0 Å². The first-order valence-electron chi connectivity index (χ1n) is 11.3. The number of hydrogen-bond donors (Lipinski definition) is 4. The summed E-state index contributed by atoms with van der Waals surface area (Å²) >= 11 is 5.88. The number of amides is 2. The molecule has 1 fully saturated rings. The molecule has 0 radical (unpaired) electrons. The molecule has 214 valence electrons. The van der Waals surface area contributed by atoms with Crippen molar-refractivity contribution in [1.82, 2.24) is 15.5 Å². The predicted octanol–water partition coefficient (Wildman–Crippen LogP) is 2.00. The van der Waals surface area contributed by atoms with Crippen molar-refractivity contribution in [3.8, 4) is 0 Å². The molecule has 16 heteroatoms. The molecule has 2 aromatic carbocycles. The maximum atomic E-state index is 13.0. The number of nitrogens with one attached hydrogen (secondary N) is 3. The van der Waals surface area contributed by atoms with Crippen LogP contribution < -0.4 is 20.3 Å². The van der Waals surface area contributed by atoms with E-state index in [9.17, 15) is 31.2 Å². The van der Waals surface area contributed by atoms with Crippen molar-refractivity contribution < 1.29 is 41.1 Å². The van der Waals surface area contributed by atoms with Gasteiger partial charge in [0.25, 0.3) is 15.9 Å². The lowest BCUT2D eigenvalue weighted by Crippen LogP contribution is -2.44. The highest BCUT2D eigenvalue weighted by Gasteiger charge is 2.38. The van der Waals surface area contributed by atoms with E-state index in [4.69, 9.17) is 21.5 Å². The van der Waals surface area contributed by atoms with Crippen LogP contribution in [-0.2, 0) is 19.6 Å². The average molecular weight is 594 g/mol. The molecule has 0 unspecified atom stereocenters. The Labute approximate surface area is 228 Å². The van der Waals surface area contributed by atoms with Crippen molar-refractivity contribution in [2.75, 3.05) is 56.4 Å². The Kier molecular flexibility index (Phi) is 10.9. The number of carboxylic acids is 1. The fourth-order valence-corrected chi connectivity index (χ4v) is 4.53. The fraction of sp³-hybridized carbons (Fsp3) is 0.348. The molecule has 1 saturated heterocycles. The van der Waals surface area contributed by atoms with E-state index in [1.807, 2.05) is 0 Å². The Hall–Kier alpha value is -3.56. The quantitative estimate of drug-likeness (QED) is 0.381. The third kappa shape index (κ3) is 9.30. The number of piperazine rings is 1. The highest BCUT2D eigenvalue weighted by atomic mass is 35.5. The number of halogens is 4. The van der Waals surface area contributed by atoms with Gasteiger partial charge in [-0.15, -0.1) is 0 Å². The molecule has 2 aromatic rings. The molecule has 1 aliphatic heterocycles. The molecular weight excluding hydrogens is 567 g/mol. The lowest BCUT2D eigenvalue weighted by Gasteiger charge is -2.31. The van der Waals surface area contributed by atoms with Crippen molar-refractivity contribution >= 4 is 50.8 Å². The highest BCUT2D eigenvalue weighted by molar-refractivity contribution is 7.92. The highest BCUT2D eigenvalue weighted by Crippen LogP contribution is 2.30. The van der Waals surface area contributed by atoms with Crippen LogP contribution in [0.3, 0.4) is 0 Å². The minimum Gasteiger partial charge on any atom is -0.475 e. The first-order valence-corrected chi connectivity index (χ1v) is 13.2. The summed E-state index contributed by atoms with van der Waals surface area (Å²) in [6.45, 7) is 2.80. The number of rotatable bonds is 7. The number of carbonyl (C=O) groups excluding carboxylic acids is 2. The maximum Gasteiger partial charge on any atom is 0.490 e. The number of likely N-dealkylation sites (N-methyl/N-ethyl adjacent to an activating group) is 2. The molecule has 4 N–H and O–H groups in total. The van der Waals surface area contributed by atoms with Gasteiger partial charge in [-0.2, -0.15) is 13.2 Å². The van der Waals surface area contributed by atoms with E-state index in [1.165, 1.54) is 49.3 Å². The Morgan fingerprint density at radius 2 is 1.67 bits per heavy atom. The first-order chi connectivity index (χ1) is 18.2. The van der Waals surface area contributed by atoms with Crippen molar-refractivity contribution in [2.45, 2.75) is 11.1 Å². The number of carbonyl (C=O) groups is 3. The molecule has 0 aromatic heterocycles. The summed E-state index contributed by atoms with van der Waals surface area (Å²) in [4.78, 5) is 36.8. The molecule has 0 atom stereocenters. The number of alkyl halides is 3. The molecule has 3 rings (SSSR count). The smallest absolute Gasteiger partial charge is 0.475 e. The van der Waals surface area contributed by atoms with Gasteiger partial charge in [0.05, 0.1) is 22.8 Å². The Morgan fingerprint density at radius 3 is 2.18 bits per heavy atom. The van der Waals surface area contributed by atoms with Gasteiger partial charge in [-0.1, -0.05) is 11.6 Å². The molecule has 1 aliphatic rings. The van der Waals surface area contributed by atoms with Crippen LogP contribution in [0.15, 0.2) is 47.4 Å². The van der Waals surface area contributed by atoms with Crippen LogP contribution in [0.2, 0.25) is 5.02 Å².